The number of anilines is 1. The zero-order valence-corrected chi connectivity index (χ0v) is 11.4. The molecule has 2 unspecified atom stereocenters. The Hall–Kier alpha value is -1.23. The monoisotopic (exact) mass is 250 g/mol. The van der Waals surface area contributed by atoms with E-state index in [4.69, 9.17) is 10.5 Å². The lowest BCUT2D eigenvalue weighted by Gasteiger charge is -2.38. The van der Waals surface area contributed by atoms with Crippen molar-refractivity contribution >= 4 is 5.95 Å². The van der Waals surface area contributed by atoms with Crippen molar-refractivity contribution < 1.29 is 4.74 Å². The molecule has 18 heavy (non-hydrogen) atoms. The van der Waals surface area contributed by atoms with Gasteiger partial charge >= 0.3 is 0 Å². The molecule has 0 aromatic carbocycles. The van der Waals surface area contributed by atoms with Crippen LogP contribution in [0.1, 0.15) is 51.2 Å². The summed E-state index contributed by atoms with van der Waals surface area (Å²) in [6.45, 7) is 6.77. The third-order valence-electron chi connectivity index (χ3n) is 3.55. The molecule has 2 N–H and O–H groups in total. The van der Waals surface area contributed by atoms with E-state index in [-0.39, 0.29) is 11.5 Å². The molecule has 0 bridgehead atoms. The van der Waals surface area contributed by atoms with Gasteiger partial charge in [-0.1, -0.05) is 13.3 Å². The first-order valence-electron chi connectivity index (χ1n) is 6.68. The Bertz CT molecular complexity index is 399. The van der Waals surface area contributed by atoms with Crippen molar-refractivity contribution in [2.45, 2.75) is 52.1 Å². The van der Waals surface area contributed by atoms with Crippen molar-refractivity contribution in [3.8, 4) is 0 Å². The van der Waals surface area contributed by atoms with Gasteiger partial charge in [-0.15, -0.1) is 0 Å². The fourth-order valence-electron chi connectivity index (χ4n) is 2.88. The molecule has 1 aliphatic carbocycles. The Kier molecular flexibility index (Phi) is 3.80. The molecule has 5 nitrogen and oxygen atoms in total. The summed E-state index contributed by atoms with van der Waals surface area (Å²) in [5, 5.41) is 0. The van der Waals surface area contributed by atoms with E-state index in [0.717, 1.165) is 19.3 Å². The van der Waals surface area contributed by atoms with Crippen LogP contribution >= 0.6 is 0 Å². The highest BCUT2D eigenvalue weighted by molar-refractivity contribution is 5.19. The van der Waals surface area contributed by atoms with Crippen LogP contribution in [0.3, 0.4) is 0 Å². The summed E-state index contributed by atoms with van der Waals surface area (Å²) in [5.41, 5.74) is 5.37. The highest BCUT2D eigenvalue weighted by Crippen LogP contribution is 2.41. The smallest absolute Gasteiger partial charge is 0.223 e. The molecule has 2 rings (SSSR count). The lowest BCUT2D eigenvalue weighted by Crippen LogP contribution is -2.37. The molecule has 0 saturated heterocycles. The average molecular weight is 250 g/mol. The van der Waals surface area contributed by atoms with Gasteiger partial charge in [0.05, 0.1) is 0 Å². The second-order valence-electron chi connectivity index (χ2n) is 5.19. The highest BCUT2D eigenvalue weighted by Gasteiger charge is 2.40. The zero-order valence-electron chi connectivity index (χ0n) is 11.4. The summed E-state index contributed by atoms with van der Waals surface area (Å²) in [6.07, 6.45) is 4.32. The second kappa shape index (κ2) is 5.18. The van der Waals surface area contributed by atoms with Gasteiger partial charge in [0.25, 0.3) is 0 Å². The van der Waals surface area contributed by atoms with Crippen LogP contribution < -0.4 is 5.73 Å². The second-order valence-corrected chi connectivity index (χ2v) is 5.19. The minimum absolute atomic E-state index is 0.287. The molecule has 1 heterocycles. The van der Waals surface area contributed by atoms with Gasteiger partial charge < -0.3 is 10.5 Å². The molecular weight excluding hydrogens is 228 g/mol. The van der Waals surface area contributed by atoms with Crippen LogP contribution in [0.4, 0.5) is 5.95 Å². The van der Waals surface area contributed by atoms with Crippen LogP contribution in [-0.2, 0) is 10.3 Å². The Morgan fingerprint density at radius 3 is 2.78 bits per heavy atom. The summed E-state index contributed by atoms with van der Waals surface area (Å²) in [4.78, 5) is 12.8. The van der Waals surface area contributed by atoms with Crippen molar-refractivity contribution in [2.24, 2.45) is 5.92 Å². The lowest BCUT2D eigenvalue weighted by atomic mass is 9.78. The van der Waals surface area contributed by atoms with Crippen LogP contribution in [0, 0.1) is 12.8 Å². The first-order valence-corrected chi connectivity index (χ1v) is 6.68. The first kappa shape index (κ1) is 13.2. The molecule has 1 aliphatic rings. The van der Waals surface area contributed by atoms with Gasteiger partial charge in [-0.2, -0.15) is 9.97 Å². The van der Waals surface area contributed by atoms with Crippen LogP contribution in [0.15, 0.2) is 0 Å². The van der Waals surface area contributed by atoms with Crippen LogP contribution in [0.5, 0.6) is 0 Å². The van der Waals surface area contributed by atoms with Gasteiger partial charge in [-0.25, -0.2) is 4.98 Å². The maximum atomic E-state index is 6.03. The molecule has 0 aliphatic heterocycles. The number of ether oxygens (including phenoxy) is 1. The molecule has 1 aromatic heterocycles. The average Bonchev–Trinajstić information content (AvgIpc) is 2.28. The van der Waals surface area contributed by atoms with Crippen molar-refractivity contribution in [3.63, 3.8) is 0 Å². The van der Waals surface area contributed by atoms with Gasteiger partial charge in [0.2, 0.25) is 5.95 Å². The normalized spacial score (nSPS) is 28.3. The van der Waals surface area contributed by atoms with E-state index in [1.54, 1.807) is 0 Å². The van der Waals surface area contributed by atoms with Crippen LogP contribution in [0.2, 0.25) is 0 Å². The lowest BCUT2D eigenvalue weighted by molar-refractivity contribution is -0.0882. The number of hydrogen-bond acceptors (Lipinski definition) is 5. The first-order chi connectivity index (χ1) is 8.55. The summed E-state index contributed by atoms with van der Waals surface area (Å²) >= 11 is 0. The van der Waals surface area contributed by atoms with Gasteiger partial charge in [-0.05, 0) is 39.0 Å². The molecule has 1 aromatic rings. The minimum Gasteiger partial charge on any atom is -0.368 e. The van der Waals surface area contributed by atoms with Crippen molar-refractivity contribution in [3.05, 3.63) is 11.6 Å². The summed E-state index contributed by atoms with van der Waals surface area (Å²) in [5.74, 6) is 2.29. The molecule has 5 heteroatoms. The third kappa shape index (κ3) is 2.61. The Labute approximate surface area is 108 Å². The standard InChI is InChI=1S/C13H22N4O/c1-4-18-13(7-5-6-9(2)8-13)11-15-10(3)16-12(14)17-11/h9H,4-8H2,1-3H3,(H2,14,15,16,17). The van der Waals surface area contributed by atoms with E-state index in [9.17, 15) is 0 Å². The molecule has 2 atom stereocenters. The summed E-state index contributed by atoms with van der Waals surface area (Å²) < 4.78 is 6.03. The van der Waals surface area contributed by atoms with E-state index in [0.29, 0.717) is 24.2 Å². The van der Waals surface area contributed by atoms with Crippen LogP contribution in [0.25, 0.3) is 0 Å². The number of nitrogen functional groups attached to an aromatic ring is 1. The number of nitrogens with zero attached hydrogens (tertiary/aromatic N) is 3. The SMILES string of the molecule is CCOC1(c2nc(C)nc(N)n2)CCCC(C)C1. The summed E-state index contributed by atoms with van der Waals surface area (Å²) in [6, 6.07) is 0. The van der Waals surface area contributed by atoms with E-state index in [1.165, 1.54) is 6.42 Å². The molecule has 0 spiro atoms. The number of hydrogen-bond donors (Lipinski definition) is 1. The quantitative estimate of drug-likeness (QED) is 0.890. The fourth-order valence-corrected chi connectivity index (χ4v) is 2.88. The maximum absolute atomic E-state index is 6.03. The number of aryl methyl sites for hydroxylation is 1. The number of aromatic nitrogens is 3. The van der Waals surface area contributed by atoms with Crippen molar-refractivity contribution in [2.75, 3.05) is 12.3 Å². The topological polar surface area (TPSA) is 73.9 Å². The van der Waals surface area contributed by atoms with Crippen molar-refractivity contribution in [1.29, 1.82) is 0 Å². The number of nitrogens with two attached hydrogens (primary N) is 1. The molecule has 1 fully saturated rings. The molecule has 1 saturated carbocycles. The molecular formula is C13H22N4O. The Balaban J connectivity index is 2.39. The molecule has 100 valence electrons. The summed E-state index contributed by atoms with van der Waals surface area (Å²) in [7, 11) is 0. The fraction of sp³-hybridized carbons (Fsp3) is 0.769. The van der Waals surface area contributed by atoms with Gasteiger partial charge in [0, 0.05) is 6.61 Å². The van der Waals surface area contributed by atoms with E-state index < -0.39 is 0 Å². The van der Waals surface area contributed by atoms with Gasteiger partial charge in [0.1, 0.15) is 11.4 Å². The maximum Gasteiger partial charge on any atom is 0.223 e. The predicted molar refractivity (Wildman–Crippen MR) is 69.9 cm³/mol. The predicted octanol–water partition coefficient (Wildman–Crippen LogP) is 2.20. The highest BCUT2D eigenvalue weighted by atomic mass is 16.5. The van der Waals surface area contributed by atoms with Gasteiger partial charge in [-0.3, -0.25) is 0 Å². The van der Waals surface area contributed by atoms with Crippen LogP contribution in [-0.4, -0.2) is 21.6 Å². The Morgan fingerprint density at radius 1 is 1.39 bits per heavy atom. The zero-order chi connectivity index (χ0) is 13.2. The van der Waals surface area contributed by atoms with Crippen molar-refractivity contribution in [1.82, 2.24) is 15.0 Å². The third-order valence-corrected chi connectivity index (χ3v) is 3.55. The minimum atomic E-state index is -0.367. The van der Waals surface area contributed by atoms with E-state index >= 15 is 0 Å². The Morgan fingerprint density at radius 2 is 2.17 bits per heavy atom. The van der Waals surface area contributed by atoms with E-state index in [1.807, 2.05) is 13.8 Å². The molecule has 0 amide bonds. The van der Waals surface area contributed by atoms with Gasteiger partial charge in [0.15, 0.2) is 5.82 Å². The largest absolute Gasteiger partial charge is 0.368 e. The molecule has 0 radical (unpaired) electrons. The van der Waals surface area contributed by atoms with E-state index in [2.05, 4.69) is 21.9 Å². The number of rotatable bonds is 3.